The Balaban J connectivity index is 2.64. The molecule has 0 saturated carbocycles. The molecule has 0 aliphatic heterocycles. The molecule has 0 bridgehead atoms. The molecule has 0 atom stereocenters. The molecule has 1 aromatic rings. The highest BCUT2D eigenvalue weighted by atomic mass is 35.5. The first-order valence-electron chi connectivity index (χ1n) is 7.07. The number of anilines is 1. The number of hydrogen-bond acceptors (Lipinski definition) is 4. The van der Waals surface area contributed by atoms with Crippen LogP contribution in [-0.2, 0) is 16.4 Å². The Morgan fingerprint density at radius 3 is 2.52 bits per heavy atom. The van der Waals surface area contributed by atoms with E-state index in [0.29, 0.717) is 17.5 Å². The van der Waals surface area contributed by atoms with Crippen molar-refractivity contribution in [2.45, 2.75) is 20.4 Å². The summed E-state index contributed by atoms with van der Waals surface area (Å²) in [7, 11) is -1.11. The number of nitrogens with zero attached hydrogens (tertiary/aromatic N) is 1. The molecule has 0 aliphatic rings. The van der Waals surface area contributed by atoms with Gasteiger partial charge in [-0.1, -0.05) is 31.5 Å². The summed E-state index contributed by atoms with van der Waals surface area (Å²) in [5.74, 6) is 0.735. The van der Waals surface area contributed by atoms with E-state index in [1.165, 1.54) is 6.26 Å². The van der Waals surface area contributed by atoms with Crippen LogP contribution in [0.3, 0.4) is 0 Å². The third-order valence-electron chi connectivity index (χ3n) is 3.10. The Kier molecular flexibility index (Phi) is 6.97. The van der Waals surface area contributed by atoms with Crippen molar-refractivity contribution in [2.75, 3.05) is 37.0 Å². The largest absolute Gasteiger partial charge is 0.372 e. The Morgan fingerprint density at radius 1 is 1.33 bits per heavy atom. The third kappa shape index (κ3) is 7.16. The van der Waals surface area contributed by atoms with Gasteiger partial charge in [-0.2, -0.15) is 0 Å². The summed E-state index contributed by atoms with van der Waals surface area (Å²) in [6.45, 7) is 6.52. The van der Waals surface area contributed by atoms with Crippen molar-refractivity contribution >= 4 is 27.1 Å². The fraction of sp³-hybridized carbons (Fsp3) is 0.600. The molecule has 6 heteroatoms. The van der Waals surface area contributed by atoms with Crippen LogP contribution in [0.2, 0.25) is 5.02 Å². The van der Waals surface area contributed by atoms with E-state index in [1.54, 1.807) is 0 Å². The molecule has 1 N–H and O–H groups in total. The highest BCUT2D eigenvalue weighted by Crippen LogP contribution is 2.26. The molecule has 0 fully saturated rings. The smallest absolute Gasteiger partial charge is 0.149 e. The van der Waals surface area contributed by atoms with Crippen molar-refractivity contribution in [1.29, 1.82) is 0 Å². The van der Waals surface area contributed by atoms with E-state index >= 15 is 0 Å². The molecule has 120 valence electrons. The van der Waals surface area contributed by atoms with Crippen LogP contribution >= 0.6 is 11.6 Å². The van der Waals surface area contributed by atoms with Crippen molar-refractivity contribution in [3.05, 3.63) is 28.8 Å². The summed E-state index contributed by atoms with van der Waals surface area (Å²) in [6, 6.07) is 5.89. The van der Waals surface area contributed by atoms with Gasteiger partial charge in [0.05, 0.1) is 16.5 Å². The van der Waals surface area contributed by atoms with E-state index in [4.69, 9.17) is 11.6 Å². The molecule has 0 heterocycles. The lowest BCUT2D eigenvalue weighted by molar-refractivity contribution is 0.552. The van der Waals surface area contributed by atoms with Gasteiger partial charge in [-0.15, -0.1) is 0 Å². The zero-order valence-corrected chi connectivity index (χ0v) is 14.8. The lowest BCUT2D eigenvalue weighted by atomic mass is 10.1. The molecule has 0 saturated heterocycles. The SMILES string of the molecule is CC(C)CNCc1ccc(N(C)CCS(C)(=O)=O)c(Cl)c1. The third-order valence-corrected chi connectivity index (χ3v) is 4.33. The molecule has 1 rings (SSSR count). The maximum absolute atomic E-state index is 11.2. The summed E-state index contributed by atoms with van der Waals surface area (Å²) in [5, 5.41) is 4.02. The molecular weight excluding hydrogens is 308 g/mol. The Morgan fingerprint density at radius 2 is 2.00 bits per heavy atom. The van der Waals surface area contributed by atoms with E-state index in [0.717, 1.165) is 24.3 Å². The van der Waals surface area contributed by atoms with Gasteiger partial charge in [0, 0.05) is 26.4 Å². The highest BCUT2D eigenvalue weighted by molar-refractivity contribution is 7.90. The number of halogens is 1. The van der Waals surface area contributed by atoms with Crippen LogP contribution in [0.4, 0.5) is 5.69 Å². The molecule has 0 amide bonds. The second-order valence-corrected chi connectivity index (χ2v) is 8.53. The van der Waals surface area contributed by atoms with Gasteiger partial charge in [-0.3, -0.25) is 0 Å². The number of benzene rings is 1. The first-order chi connectivity index (χ1) is 9.69. The zero-order valence-electron chi connectivity index (χ0n) is 13.2. The van der Waals surface area contributed by atoms with E-state index < -0.39 is 9.84 Å². The van der Waals surface area contributed by atoms with Crippen molar-refractivity contribution in [2.24, 2.45) is 5.92 Å². The molecule has 0 unspecified atom stereocenters. The summed E-state index contributed by atoms with van der Waals surface area (Å²) in [6.07, 6.45) is 1.24. The van der Waals surface area contributed by atoms with Crippen LogP contribution in [0, 0.1) is 5.92 Å². The predicted octanol–water partition coefficient (Wildman–Crippen LogP) is 2.57. The summed E-state index contributed by atoms with van der Waals surface area (Å²) < 4.78 is 22.4. The maximum Gasteiger partial charge on any atom is 0.149 e. The van der Waals surface area contributed by atoms with E-state index in [1.807, 2.05) is 30.1 Å². The van der Waals surface area contributed by atoms with Gasteiger partial charge in [0.2, 0.25) is 0 Å². The molecule has 21 heavy (non-hydrogen) atoms. The monoisotopic (exact) mass is 332 g/mol. The van der Waals surface area contributed by atoms with Gasteiger partial charge in [0.15, 0.2) is 0 Å². The second-order valence-electron chi connectivity index (χ2n) is 5.86. The van der Waals surface area contributed by atoms with Gasteiger partial charge in [-0.05, 0) is 30.2 Å². The van der Waals surface area contributed by atoms with E-state index in [-0.39, 0.29) is 5.75 Å². The molecule has 4 nitrogen and oxygen atoms in total. The second kappa shape index (κ2) is 8.01. The minimum absolute atomic E-state index is 0.123. The fourth-order valence-electron chi connectivity index (χ4n) is 1.90. The van der Waals surface area contributed by atoms with E-state index in [2.05, 4.69) is 19.2 Å². The van der Waals surface area contributed by atoms with Crippen molar-refractivity contribution in [3.63, 3.8) is 0 Å². The number of nitrogens with one attached hydrogen (secondary N) is 1. The van der Waals surface area contributed by atoms with Gasteiger partial charge < -0.3 is 10.2 Å². The molecule has 0 spiro atoms. The standard InChI is InChI=1S/C15H25ClN2O2S/c1-12(2)10-17-11-13-5-6-15(14(16)9-13)18(3)7-8-21(4,19)20/h5-6,9,12,17H,7-8,10-11H2,1-4H3. The first kappa shape index (κ1) is 18.3. The highest BCUT2D eigenvalue weighted by Gasteiger charge is 2.10. The molecule has 0 aromatic heterocycles. The maximum atomic E-state index is 11.2. The van der Waals surface area contributed by atoms with Crippen LogP contribution in [0.15, 0.2) is 18.2 Å². The van der Waals surface area contributed by atoms with Crippen LogP contribution in [0.1, 0.15) is 19.4 Å². The van der Waals surface area contributed by atoms with Crippen molar-refractivity contribution in [3.8, 4) is 0 Å². The van der Waals surface area contributed by atoms with Gasteiger partial charge in [0.1, 0.15) is 9.84 Å². The van der Waals surface area contributed by atoms with Crippen LogP contribution in [0.5, 0.6) is 0 Å². The minimum atomic E-state index is -2.96. The fourth-order valence-corrected chi connectivity index (χ4v) is 2.85. The zero-order chi connectivity index (χ0) is 16.0. The molecule has 0 aliphatic carbocycles. The van der Waals surface area contributed by atoms with Crippen LogP contribution in [0.25, 0.3) is 0 Å². The van der Waals surface area contributed by atoms with Crippen molar-refractivity contribution in [1.82, 2.24) is 5.32 Å². The Labute approximate surface area is 133 Å². The van der Waals surface area contributed by atoms with Crippen LogP contribution in [-0.4, -0.2) is 40.6 Å². The average molecular weight is 333 g/mol. The molecular formula is C15H25ClN2O2S. The number of hydrogen-bond donors (Lipinski definition) is 1. The van der Waals surface area contributed by atoms with Crippen molar-refractivity contribution < 1.29 is 8.42 Å². The lowest BCUT2D eigenvalue weighted by Gasteiger charge is -2.20. The normalized spacial score (nSPS) is 11.9. The minimum Gasteiger partial charge on any atom is -0.372 e. The van der Waals surface area contributed by atoms with Crippen LogP contribution < -0.4 is 10.2 Å². The quantitative estimate of drug-likeness (QED) is 0.795. The predicted molar refractivity (Wildman–Crippen MR) is 91.0 cm³/mol. The lowest BCUT2D eigenvalue weighted by Crippen LogP contribution is -2.25. The Hall–Kier alpha value is -0.780. The number of sulfone groups is 1. The van der Waals surface area contributed by atoms with Gasteiger partial charge >= 0.3 is 0 Å². The molecule has 0 radical (unpaired) electrons. The van der Waals surface area contributed by atoms with Gasteiger partial charge in [0.25, 0.3) is 0 Å². The first-order valence-corrected chi connectivity index (χ1v) is 9.51. The topological polar surface area (TPSA) is 49.4 Å². The summed E-state index contributed by atoms with van der Waals surface area (Å²) in [5.41, 5.74) is 1.98. The number of rotatable bonds is 8. The molecule has 1 aromatic carbocycles. The summed E-state index contributed by atoms with van der Waals surface area (Å²) in [4.78, 5) is 1.87. The average Bonchev–Trinajstić information content (AvgIpc) is 2.35. The summed E-state index contributed by atoms with van der Waals surface area (Å²) >= 11 is 6.30. The van der Waals surface area contributed by atoms with E-state index in [9.17, 15) is 8.42 Å². The van der Waals surface area contributed by atoms with Gasteiger partial charge in [-0.25, -0.2) is 8.42 Å². The Bertz CT molecular complexity index is 559.